The Morgan fingerprint density at radius 1 is 0.531 bits per heavy atom. The molecule has 0 N–H and O–H groups in total. The van der Waals surface area contributed by atoms with Gasteiger partial charge in [-0.05, 0) is 124 Å². The molecule has 0 aliphatic carbocycles. The van der Waals surface area contributed by atoms with Gasteiger partial charge in [0.2, 0.25) is 0 Å². The highest BCUT2D eigenvalue weighted by Gasteiger charge is 2.26. The van der Waals surface area contributed by atoms with Gasteiger partial charge in [0.15, 0.2) is 0 Å². The molecule has 0 aliphatic rings. The van der Waals surface area contributed by atoms with Gasteiger partial charge in [0.05, 0.1) is 0 Å². The lowest BCUT2D eigenvalue weighted by atomic mass is 9.80. The lowest BCUT2D eigenvalue weighted by molar-refractivity contribution is 0.129. The minimum Gasteiger partial charge on any atom is -0.488 e. The summed E-state index contributed by atoms with van der Waals surface area (Å²) < 4.78 is 12.8. The van der Waals surface area contributed by atoms with E-state index in [-0.39, 0.29) is 22.0 Å². The Morgan fingerprint density at radius 3 is 1.03 bits per heavy atom. The second-order valence-corrected chi connectivity index (χ2v) is 13.0. The third-order valence-electron chi connectivity index (χ3n) is 5.26. The van der Waals surface area contributed by atoms with Crippen LogP contribution in [0.15, 0.2) is 12.1 Å². The fraction of sp³-hybridized carbons (Fsp3) is 0.600. The van der Waals surface area contributed by atoms with Crippen LogP contribution >= 0.6 is 0 Å². The molecule has 0 saturated carbocycles. The summed E-state index contributed by atoms with van der Waals surface area (Å²) in [4.78, 5) is 0. The average molecular weight is 437 g/mol. The summed E-state index contributed by atoms with van der Waals surface area (Å²) in [7, 11) is 0. The van der Waals surface area contributed by atoms with E-state index in [4.69, 9.17) is 9.47 Å². The number of rotatable bonds is 3. The van der Waals surface area contributed by atoms with E-state index in [1.165, 1.54) is 0 Å². The zero-order valence-electron chi connectivity index (χ0n) is 23.0. The van der Waals surface area contributed by atoms with Crippen LogP contribution < -0.4 is 9.47 Å². The van der Waals surface area contributed by atoms with E-state index in [2.05, 4.69) is 121 Å². The molecule has 0 heterocycles. The quantitative estimate of drug-likeness (QED) is 0.480. The van der Waals surface area contributed by atoms with Gasteiger partial charge >= 0.3 is 0 Å². The Kier molecular flexibility index (Phi) is 6.93. The molecule has 0 unspecified atom stereocenters. The molecule has 2 rings (SSSR count). The summed E-state index contributed by atoms with van der Waals surface area (Å²) in [5, 5.41) is 0. The molecule has 2 radical (unpaired) electrons. The number of hydrogen-bond donors (Lipinski definition) is 0. The molecule has 176 valence electrons. The van der Waals surface area contributed by atoms with E-state index in [0.29, 0.717) is 0 Å². The largest absolute Gasteiger partial charge is 0.488 e. The first-order valence-electron chi connectivity index (χ1n) is 11.7. The first kappa shape index (κ1) is 26.3. The van der Waals surface area contributed by atoms with Crippen LogP contribution in [-0.4, -0.2) is 11.2 Å². The molecule has 32 heavy (non-hydrogen) atoms. The maximum atomic E-state index is 6.41. The van der Waals surface area contributed by atoms with Gasteiger partial charge in [-0.3, -0.25) is 0 Å². The predicted octanol–water partition coefficient (Wildman–Crippen LogP) is 8.52. The highest BCUT2D eigenvalue weighted by molar-refractivity contribution is 5.75. The number of benzene rings is 2. The smallest absolute Gasteiger partial charge is 0.123 e. The van der Waals surface area contributed by atoms with Crippen LogP contribution in [0.4, 0.5) is 0 Å². The molecule has 2 aromatic rings. The van der Waals surface area contributed by atoms with Gasteiger partial charge in [-0.1, -0.05) is 41.5 Å². The molecule has 0 atom stereocenters. The van der Waals surface area contributed by atoms with E-state index in [1.807, 2.05) is 0 Å². The van der Waals surface area contributed by atoms with Gasteiger partial charge in [0, 0.05) is 0 Å². The van der Waals surface area contributed by atoms with Gasteiger partial charge in [0.25, 0.3) is 0 Å². The Labute approximate surface area is 197 Å². The first-order chi connectivity index (χ1) is 14.2. The Balaban J connectivity index is 2.91. The third kappa shape index (κ3) is 6.53. The van der Waals surface area contributed by atoms with Crippen molar-refractivity contribution in [2.24, 2.45) is 0 Å². The van der Waals surface area contributed by atoms with Gasteiger partial charge < -0.3 is 9.47 Å². The molecular formula is C30H44O2. The molecule has 0 amide bonds. The van der Waals surface area contributed by atoms with Crippen LogP contribution in [0.2, 0.25) is 0 Å². The second kappa shape index (κ2) is 8.43. The maximum absolute atomic E-state index is 6.41. The SMILES string of the molecule is Cc1c(-c2[c]c(C(C)(C)C)cc(OC(C)(C)C)c2C)[c]c(C(C)(C)C)cc1OC(C)(C)C. The zero-order valence-corrected chi connectivity index (χ0v) is 23.0. The van der Waals surface area contributed by atoms with Crippen molar-refractivity contribution >= 4 is 0 Å². The highest BCUT2D eigenvalue weighted by Crippen LogP contribution is 2.42. The van der Waals surface area contributed by atoms with E-state index in [1.54, 1.807) is 0 Å². The van der Waals surface area contributed by atoms with Crippen LogP contribution in [0.5, 0.6) is 11.5 Å². The van der Waals surface area contributed by atoms with Crippen molar-refractivity contribution in [2.75, 3.05) is 0 Å². The second-order valence-electron chi connectivity index (χ2n) is 13.0. The molecule has 0 spiro atoms. The minimum absolute atomic E-state index is 0.0568. The number of ether oxygens (including phenoxy) is 2. The summed E-state index contributed by atoms with van der Waals surface area (Å²) in [6, 6.07) is 11.8. The lowest BCUT2D eigenvalue weighted by Gasteiger charge is -2.29. The van der Waals surface area contributed by atoms with E-state index >= 15 is 0 Å². The van der Waals surface area contributed by atoms with Crippen molar-refractivity contribution < 1.29 is 9.47 Å². The molecular weight excluding hydrogens is 392 g/mol. The summed E-state index contributed by atoms with van der Waals surface area (Å²) in [6.07, 6.45) is 0. The van der Waals surface area contributed by atoms with Crippen LogP contribution in [-0.2, 0) is 10.8 Å². The van der Waals surface area contributed by atoms with Gasteiger partial charge in [-0.25, -0.2) is 0 Å². The van der Waals surface area contributed by atoms with Crippen molar-refractivity contribution in [1.29, 1.82) is 0 Å². The first-order valence-corrected chi connectivity index (χ1v) is 11.7. The highest BCUT2D eigenvalue weighted by atomic mass is 16.5. The Morgan fingerprint density at radius 2 is 0.812 bits per heavy atom. The van der Waals surface area contributed by atoms with Crippen LogP contribution in [0, 0.1) is 26.0 Å². The van der Waals surface area contributed by atoms with Crippen LogP contribution in [0.1, 0.15) is 105 Å². The Bertz CT molecular complexity index is 887. The zero-order chi connectivity index (χ0) is 24.9. The molecule has 2 heteroatoms. The summed E-state index contributed by atoms with van der Waals surface area (Å²) in [5.41, 5.74) is 5.82. The number of hydrogen-bond acceptors (Lipinski definition) is 2. The van der Waals surface area contributed by atoms with Crippen LogP contribution in [0.3, 0.4) is 0 Å². The fourth-order valence-corrected chi connectivity index (χ4v) is 3.43. The summed E-state index contributed by atoms with van der Waals surface area (Å²) in [6.45, 7) is 30.1. The monoisotopic (exact) mass is 436 g/mol. The standard InChI is InChI=1S/C30H44O2/c1-19-23(15-21(27(3,4)5)17-25(19)31-29(9,10)11)24-16-22(28(6,7)8)18-26(20(24)2)32-30(12,13)14/h17-18H,1-14H3. The van der Waals surface area contributed by atoms with Gasteiger partial charge in [-0.15, -0.1) is 0 Å². The summed E-state index contributed by atoms with van der Waals surface area (Å²) >= 11 is 0. The summed E-state index contributed by atoms with van der Waals surface area (Å²) in [5.74, 6) is 1.81. The molecule has 0 aliphatic heterocycles. The lowest BCUT2D eigenvalue weighted by Crippen LogP contribution is -2.25. The van der Waals surface area contributed by atoms with Crippen molar-refractivity contribution in [3.05, 3.63) is 46.5 Å². The Hall–Kier alpha value is -1.96. The molecule has 2 nitrogen and oxygen atoms in total. The van der Waals surface area contributed by atoms with Crippen molar-refractivity contribution in [3.63, 3.8) is 0 Å². The average Bonchev–Trinajstić information content (AvgIpc) is 2.54. The van der Waals surface area contributed by atoms with Gasteiger partial charge in [0.1, 0.15) is 22.7 Å². The fourth-order valence-electron chi connectivity index (χ4n) is 3.43. The van der Waals surface area contributed by atoms with Crippen molar-refractivity contribution in [1.82, 2.24) is 0 Å². The predicted molar refractivity (Wildman–Crippen MR) is 137 cm³/mol. The van der Waals surface area contributed by atoms with E-state index in [9.17, 15) is 0 Å². The molecule has 0 fully saturated rings. The van der Waals surface area contributed by atoms with Crippen LogP contribution in [0.25, 0.3) is 11.1 Å². The van der Waals surface area contributed by atoms with Gasteiger partial charge in [-0.2, -0.15) is 0 Å². The normalized spacial score (nSPS) is 13.3. The topological polar surface area (TPSA) is 18.5 Å². The third-order valence-corrected chi connectivity index (χ3v) is 5.26. The van der Waals surface area contributed by atoms with Crippen molar-refractivity contribution in [2.45, 2.75) is 119 Å². The molecule has 0 aromatic heterocycles. The maximum Gasteiger partial charge on any atom is 0.123 e. The molecule has 0 bridgehead atoms. The van der Waals surface area contributed by atoms with E-state index in [0.717, 1.165) is 44.9 Å². The van der Waals surface area contributed by atoms with E-state index < -0.39 is 0 Å². The molecule has 2 aromatic carbocycles. The minimum atomic E-state index is -0.287. The molecule has 0 saturated heterocycles. The van der Waals surface area contributed by atoms with Crippen molar-refractivity contribution in [3.8, 4) is 22.6 Å².